The van der Waals surface area contributed by atoms with Gasteiger partial charge in [0.05, 0.1) is 0 Å². The minimum atomic E-state index is -0.890. The third-order valence-corrected chi connectivity index (χ3v) is 3.37. The zero-order valence-corrected chi connectivity index (χ0v) is 12.3. The molecule has 0 aliphatic carbocycles. The number of nitrogens with one attached hydrogen (secondary N) is 1. The molecule has 0 radical (unpaired) electrons. The van der Waals surface area contributed by atoms with Crippen LogP contribution in [0.3, 0.4) is 0 Å². The van der Waals surface area contributed by atoms with Crippen LogP contribution in [0.5, 0.6) is 0 Å². The van der Waals surface area contributed by atoms with Crippen LogP contribution in [-0.2, 0) is 9.59 Å². The number of likely N-dealkylation sites (N-methyl/N-ethyl adjacent to an activating group) is 1. The zero-order chi connectivity index (χ0) is 15.3. The Bertz CT molecular complexity index is 395. The standard InChI is InChI=1S/C13H23N3O4/c1-13(2,6-5-11(18)19)14-12(20)16-8-4-7-15(3)10(17)9-16/h4-9H2,1-3H3,(H,14,20)(H,18,19). The quantitative estimate of drug-likeness (QED) is 0.787. The Kier molecular flexibility index (Phi) is 5.35. The summed E-state index contributed by atoms with van der Waals surface area (Å²) in [5, 5.41) is 11.5. The third kappa shape index (κ3) is 5.07. The average Bonchev–Trinajstić information content (AvgIpc) is 2.49. The summed E-state index contributed by atoms with van der Waals surface area (Å²) in [6, 6.07) is -0.316. The van der Waals surface area contributed by atoms with Crippen molar-refractivity contribution >= 4 is 17.9 Å². The smallest absolute Gasteiger partial charge is 0.318 e. The number of carboxylic acid groups (broad SMARTS) is 1. The molecule has 0 atom stereocenters. The molecule has 0 unspecified atom stereocenters. The van der Waals surface area contributed by atoms with Crippen molar-refractivity contribution < 1.29 is 19.5 Å². The van der Waals surface area contributed by atoms with Crippen LogP contribution >= 0.6 is 0 Å². The summed E-state index contributed by atoms with van der Waals surface area (Å²) in [6.45, 7) is 4.79. The van der Waals surface area contributed by atoms with Crippen LogP contribution in [0.2, 0.25) is 0 Å². The fourth-order valence-corrected chi connectivity index (χ4v) is 2.01. The molecule has 0 aromatic heterocycles. The van der Waals surface area contributed by atoms with Crippen LogP contribution < -0.4 is 5.32 Å². The van der Waals surface area contributed by atoms with E-state index in [0.29, 0.717) is 19.5 Å². The maximum Gasteiger partial charge on any atom is 0.318 e. The molecule has 1 aliphatic heterocycles. The molecule has 1 fully saturated rings. The number of hydrogen-bond acceptors (Lipinski definition) is 3. The van der Waals surface area contributed by atoms with E-state index in [1.165, 1.54) is 4.90 Å². The van der Waals surface area contributed by atoms with E-state index < -0.39 is 11.5 Å². The van der Waals surface area contributed by atoms with Gasteiger partial charge in [-0.15, -0.1) is 0 Å². The third-order valence-electron chi connectivity index (χ3n) is 3.37. The predicted molar refractivity (Wildman–Crippen MR) is 73.3 cm³/mol. The van der Waals surface area contributed by atoms with E-state index in [-0.39, 0.29) is 24.9 Å². The lowest BCUT2D eigenvalue weighted by atomic mass is 9.99. The minimum absolute atomic E-state index is 0.00501. The molecule has 1 heterocycles. The van der Waals surface area contributed by atoms with Gasteiger partial charge in [0.15, 0.2) is 0 Å². The van der Waals surface area contributed by atoms with Crippen LogP contribution in [0.4, 0.5) is 4.79 Å². The van der Waals surface area contributed by atoms with Gasteiger partial charge in [-0.1, -0.05) is 0 Å². The molecule has 0 aromatic rings. The largest absolute Gasteiger partial charge is 0.481 e. The second-order valence-electron chi connectivity index (χ2n) is 5.80. The molecule has 0 spiro atoms. The van der Waals surface area contributed by atoms with E-state index in [4.69, 9.17) is 5.11 Å². The molecule has 114 valence electrons. The van der Waals surface area contributed by atoms with Gasteiger partial charge in [-0.25, -0.2) is 4.79 Å². The van der Waals surface area contributed by atoms with Crippen molar-refractivity contribution in [1.29, 1.82) is 0 Å². The lowest BCUT2D eigenvalue weighted by Gasteiger charge is -2.29. The number of nitrogens with zero attached hydrogens (tertiary/aromatic N) is 2. The van der Waals surface area contributed by atoms with Gasteiger partial charge in [-0.3, -0.25) is 9.59 Å². The highest BCUT2D eigenvalue weighted by atomic mass is 16.4. The van der Waals surface area contributed by atoms with E-state index in [0.717, 1.165) is 6.42 Å². The normalized spacial score (nSPS) is 16.9. The zero-order valence-electron chi connectivity index (χ0n) is 12.3. The van der Waals surface area contributed by atoms with Gasteiger partial charge in [0.25, 0.3) is 0 Å². The van der Waals surface area contributed by atoms with Gasteiger partial charge in [0.2, 0.25) is 5.91 Å². The van der Waals surface area contributed by atoms with Gasteiger partial charge in [0, 0.05) is 32.1 Å². The Morgan fingerprint density at radius 3 is 2.60 bits per heavy atom. The fourth-order valence-electron chi connectivity index (χ4n) is 2.01. The highest BCUT2D eigenvalue weighted by molar-refractivity contribution is 5.84. The molecule has 1 rings (SSSR count). The van der Waals surface area contributed by atoms with Crippen molar-refractivity contribution in [2.75, 3.05) is 26.7 Å². The van der Waals surface area contributed by atoms with Crippen LogP contribution in [0.15, 0.2) is 0 Å². The van der Waals surface area contributed by atoms with Crippen LogP contribution in [0.1, 0.15) is 33.1 Å². The van der Waals surface area contributed by atoms with Crippen molar-refractivity contribution in [1.82, 2.24) is 15.1 Å². The molecule has 0 saturated carbocycles. The first-order valence-corrected chi connectivity index (χ1v) is 6.74. The minimum Gasteiger partial charge on any atom is -0.481 e. The van der Waals surface area contributed by atoms with Crippen molar-refractivity contribution in [3.05, 3.63) is 0 Å². The van der Waals surface area contributed by atoms with E-state index in [2.05, 4.69) is 5.32 Å². The molecule has 0 bridgehead atoms. The first-order valence-electron chi connectivity index (χ1n) is 6.74. The SMILES string of the molecule is CN1CCCN(C(=O)NC(C)(C)CCC(=O)O)CC1=O. The number of urea groups is 1. The number of amides is 3. The monoisotopic (exact) mass is 285 g/mol. The summed E-state index contributed by atoms with van der Waals surface area (Å²) in [5.41, 5.74) is -0.614. The summed E-state index contributed by atoms with van der Waals surface area (Å²) < 4.78 is 0. The first-order chi connectivity index (χ1) is 9.21. The van der Waals surface area contributed by atoms with Gasteiger partial charge in [0.1, 0.15) is 6.54 Å². The molecular formula is C13H23N3O4. The number of carbonyl (C=O) groups excluding carboxylic acids is 2. The lowest BCUT2D eigenvalue weighted by Crippen LogP contribution is -2.51. The molecule has 0 aromatic carbocycles. The van der Waals surface area contributed by atoms with Crippen LogP contribution in [0, 0.1) is 0 Å². The fraction of sp³-hybridized carbons (Fsp3) is 0.769. The molecule has 2 N–H and O–H groups in total. The highest BCUT2D eigenvalue weighted by Crippen LogP contribution is 2.13. The van der Waals surface area contributed by atoms with E-state index in [1.807, 2.05) is 0 Å². The maximum atomic E-state index is 12.2. The number of hydrogen-bond donors (Lipinski definition) is 2. The van der Waals surface area contributed by atoms with E-state index in [9.17, 15) is 14.4 Å². The van der Waals surface area contributed by atoms with Crippen molar-refractivity contribution in [2.24, 2.45) is 0 Å². The Hall–Kier alpha value is -1.79. The number of carboxylic acids is 1. The number of carbonyl (C=O) groups is 3. The first kappa shape index (κ1) is 16.3. The summed E-state index contributed by atoms with van der Waals surface area (Å²) in [4.78, 5) is 37.6. The number of rotatable bonds is 4. The van der Waals surface area contributed by atoms with E-state index in [1.54, 1.807) is 25.8 Å². The van der Waals surface area contributed by atoms with Gasteiger partial charge in [-0.2, -0.15) is 0 Å². The average molecular weight is 285 g/mol. The molecule has 20 heavy (non-hydrogen) atoms. The summed E-state index contributed by atoms with van der Waals surface area (Å²) >= 11 is 0. The lowest BCUT2D eigenvalue weighted by molar-refractivity contribution is -0.137. The van der Waals surface area contributed by atoms with Crippen LogP contribution in [-0.4, -0.2) is 65.0 Å². The molecule has 1 aliphatic rings. The van der Waals surface area contributed by atoms with Gasteiger partial charge >= 0.3 is 12.0 Å². The molecule has 7 heteroatoms. The topological polar surface area (TPSA) is 89.9 Å². The molecule has 7 nitrogen and oxygen atoms in total. The Balaban J connectivity index is 2.56. The van der Waals surface area contributed by atoms with Gasteiger partial charge < -0.3 is 20.2 Å². The molecule has 3 amide bonds. The maximum absolute atomic E-state index is 12.2. The highest BCUT2D eigenvalue weighted by Gasteiger charge is 2.27. The van der Waals surface area contributed by atoms with E-state index >= 15 is 0 Å². The summed E-state index contributed by atoms with van der Waals surface area (Å²) in [5.74, 6) is -0.972. The van der Waals surface area contributed by atoms with Crippen molar-refractivity contribution in [2.45, 2.75) is 38.6 Å². The van der Waals surface area contributed by atoms with Crippen molar-refractivity contribution in [3.8, 4) is 0 Å². The Labute approximate surface area is 118 Å². The van der Waals surface area contributed by atoms with Crippen molar-refractivity contribution in [3.63, 3.8) is 0 Å². The molecular weight excluding hydrogens is 262 g/mol. The van der Waals surface area contributed by atoms with Gasteiger partial charge in [-0.05, 0) is 26.7 Å². The molecule has 1 saturated heterocycles. The summed E-state index contributed by atoms with van der Waals surface area (Å²) in [7, 11) is 1.72. The predicted octanol–water partition coefficient (Wildman–Crippen LogP) is 0.503. The second-order valence-corrected chi connectivity index (χ2v) is 5.80. The number of aliphatic carboxylic acids is 1. The Morgan fingerprint density at radius 2 is 2.00 bits per heavy atom. The van der Waals surface area contributed by atoms with Crippen LogP contribution in [0.25, 0.3) is 0 Å². The summed E-state index contributed by atoms with van der Waals surface area (Å²) in [6.07, 6.45) is 1.08. The second kappa shape index (κ2) is 6.58. The Morgan fingerprint density at radius 1 is 1.35 bits per heavy atom.